The minimum absolute atomic E-state index is 0.0435. The highest BCUT2D eigenvalue weighted by atomic mass is 35.5. The van der Waals surface area contributed by atoms with E-state index in [1.807, 2.05) is 41.5 Å². The number of hydrogen-bond acceptors (Lipinski definition) is 5. The van der Waals surface area contributed by atoms with Gasteiger partial charge < -0.3 is 9.32 Å². The van der Waals surface area contributed by atoms with Gasteiger partial charge in [-0.3, -0.25) is 9.69 Å². The van der Waals surface area contributed by atoms with Crippen LogP contribution in [0.15, 0.2) is 46.2 Å². The molecule has 0 aliphatic carbocycles. The van der Waals surface area contributed by atoms with E-state index in [1.165, 1.54) is 0 Å². The van der Waals surface area contributed by atoms with Crippen LogP contribution in [0.2, 0.25) is 5.02 Å². The minimum atomic E-state index is 0.0435. The summed E-state index contributed by atoms with van der Waals surface area (Å²) in [6.07, 6.45) is 0.932. The molecule has 5 nitrogen and oxygen atoms in total. The van der Waals surface area contributed by atoms with Crippen molar-refractivity contribution >= 4 is 28.8 Å². The van der Waals surface area contributed by atoms with Crippen molar-refractivity contribution in [1.29, 1.82) is 0 Å². The van der Waals surface area contributed by atoms with Crippen LogP contribution in [0.5, 0.6) is 0 Å². The maximum atomic E-state index is 12.8. The smallest absolute Gasteiger partial charge is 0.253 e. The Kier molecular flexibility index (Phi) is 5.80. The summed E-state index contributed by atoms with van der Waals surface area (Å²) >= 11 is 7.66. The Bertz CT molecular complexity index is 954. The van der Waals surface area contributed by atoms with Crippen LogP contribution in [0, 0.1) is 6.92 Å². The zero-order valence-electron chi connectivity index (χ0n) is 15.7. The van der Waals surface area contributed by atoms with Crippen LogP contribution in [0.1, 0.15) is 28.2 Å². The number of carbonyl (C=O) groups excluding carboxylic acids is 1. The van der Waals surface area contributed by atoms with Crippen molar-refractivity contribution in [3.63, 3.8) is 0 Å². The van der Waals surface area contributed by atoms with Gasteiger partial charge in [0.25, 0.3) is 5.91 Å². The number of halogens is 1. The number of aryl methyl sites for hydroxylation is 1. The summed E-state index contributed by atoms with van der Waals surface area (Å²) in [5.41, 5.74) is 1.62. The van der Waals surface area contributed by atoms with Gasteiger partial charge in [0, 0.05) is 43.3 Å². The molecule has 0 spiro atoms. The molecule has 0 bridgehead atoms. The number of nitrogens with zero attached hydrogens (tertiary/aromatic N) is 3. The predicted octanol–water partition coefficient (Wildman–Crippen LogP) is 4.71. The number of oxazole rings is 1. The molecule has 1 aliphatic heterocycles. The van der Waals surface area contributed by atoms with Crippen molar-refractivity contribution in [2.24, 2.45) is 0 Å². The molecule has 2 aromatic heterocycles. The highest BCUT2D eigenvalue weighted by Crippen LogP contribution is 2.26. The first kappa shape index (κ1) is 19.2. The van der Waals surface area contributed by atoms with E-state index in [2.05, 4.69) is 4.90 Å². The molecule has 28 heavy (non-hydrogen) atoms. The first-order valence-corrected chi connectivity index (χ1v) is 10.6. The van der Waals surface area contributed by atoms with Gasteiger partial charge >= 0.3 is 0 Å². The number of hydrogen-bond donors (Lipinski definition) is 0. The highest BCUT2D eigenvalue weighted by Gasteiger charge is 2.22. The second kappa shape index (κ2) is 8.47. The van der Waals surface area contributed by atoms with Crippen LogP contribution in [0.25, 0.3) is 10.8 Å². The quantitative estimate of drug-likeness (QED) is 0.619. The van der Waals surface area contributed by atoms with E-state index in [0.29, 0.717) is 23.0 Å². The third-order valence-electron chi connectivity index (χ3n) is 4.95. The molecule has 3 aromatic rings. The number of aromatic nitrogens is 1. The number of amides is 1. The zero-order chi connectivity index (χ0) is 19.5. The zero-order valence-corrected chi connectivity index (χ0v) is 17.3. The summed E-state index contributed by atoms with van der Waals surface area (Å²) in [4.78, 5) is 22.8. The Morgan fingerprint density at radius 3 is 2.89 bits per heavy atom. The molecule has 0 atom stereocenters. The van der Waals surface area contributed by atoms with Crippen molar-refractivity contribution in [2.75, 3.05) is 26.2 Å². The minimum Gasteiger partial charge on any atom is -0.440 e. The molecule has 1 amide bonds. The third-order valence-corrected chi connectivity index (χ3v) is 6.04. The van der Waals surface area contributed by atoms with Crippen molar-refractivity contribution in [1.82, 2.24) is 14.8 Å². The fraction of sp³-hybridized carbons (Fsp3) is 0.333. The lowest BCUT2D eigenvalue weighted by molar-refractivity contribution is 0.0761. The van der Waals surface area contributed by atoms with Crippen molar-refractivity contribution in [2.45, 2.75) is 19.9 Å². The molecular formula is C21H22ClN3O2S. The van der Waals surface area contributed by atoms with Crippen LogP contribution in [-0.2, 0) is 6.54 Å². The van der Waals surface area contributed by atoms with Gasteiger partial charge in [-0.1, -0.05) is 23.7 Å². The van der Waals surface area contributed by atoms with Gasteiger partial charge in [0.15, 0.2) is 0 Å². The van der Waals surface area contributed by atoms with E-state index in [4.69, 9.17) is 21.0 Å². The predicted molar refractivity (Wildman–Crippen MR) is 112 cm³/mol. The Labute approximate surface area is 173 Å². The summed E-state index contributed by atoms with van der Waals surface area (Å²) in [6, 6.07) is 11.2. The summed E-state index contributed by atoms with van der Waals surface area (Å²) in [5.74, 6) is 1.59. The van der Waals surface area contributed by atoms with E-state index in [9.17, 15) is 4.79 Å². The second-order valence-corrected chi connectivity index (χ2v) is 8.32. The van der Waals surface area contributed by atoms with Gasteiger partial charge in [-0.25, -0.2) is 4.98 Å². The molecule has 1 aliphatic rings. The van der Waals surface area contributed by atoms with Crippen LogP contribution in [0.4, 0.5) is 0 Å². The number of thiophene rings is 1. The van der Waals surface area contributed by atoms with Crippen LogP contribution >= 0.6 is 22.9 Å². The first-order valence-electron chi connectivity index (χ1n) is 9.37. The van der Waals surface area contributed by atoms with Crippen LogP contribution < -0.4 is 0 Å². The normalized spacial score (nSPS) is 15.6. The Balaban J connectivity index is 1.40. The lowest BCUT2D eigenvalue weighted by Crippen LogP contribution is -2.35. The SMILES string of the molecule is Cc1oc(-c2cccs2)nc1CN1CCCN(C(=O)c2cccc(Cl)c2)CC1. The average Bonchev–Trinajstić information content (AvgIpc) is 3.27. The Hall–Kier alpha value is -2.15. The van der Waals surface area contributed by atoms with Crippen LogP contribution in [-0.4, -0.2) is 46.9 Å². The first-order chi connectivity index (χ1) is 13.6. The maximum absolute atomic E-state index is 12.8. The largest absolute Gasteiger partial charge is 0.440 e. The van der Waals surface area contributed by atoms with E-state index >= 15 is 0 Å². The van der Waals surface area contributed by atoms with Crippen molar-refractivity contribution in [3.8, 4) is 10.8 Å². The third kappa shape index (κ3) is 4.29. The lowest BCUT2D eigenvalue weighted by atomic mass is 10.2. The van der Waals surface area contributed by atoms with Gasteiger partial charge in [-0.05, 0) is 43.0 Å². The summed E-state index contributed by atoms with van der Waals surface area (Å²) in [5, 5.41) is 2.61. The fourth-order valence-corrected chi connectivity index (χ4v) is 4.27. The summed E-state index contributed by atoms with van der Waals surface area (Å²) in [6.45, 7) is 5.89. The second-order valence-electron chi connectivity index (χ2n) is 6.93. The van der Waals surface area contributed by atoms with Gasteiger partial charge in [0.1, 0.15) is 5.76 Å². The molecule has 1 fully saturated rings. The standard InChI is InChI=1S/C21H22ClN3O2S/c1-15-18(23-20(27-15)19-7-3-12-28-19)14-24-8-4-9-25(11-10-24)21(26)16-5-2-6-17(22)13-16/h2-3,5-7,12-13H,4,8-11,14H2,1H3. The van der Waals surface area contributed by atoms with Crippen molar-refractivity contribution in [3.05, 3.63) is 63.8 Å². The molecular weight excluding hydrogens is 394 g/mol. The topological polar surface area (TPSA) is 49.6 Å². The molecule has 146 valence electrons. The molecule has 0 saturated carbocycles. The highest BCUT2D eigenvalue weighted by molar-refractivity contribution is 7.13. The average molecular weight is 416 g/mol. The Morgan fingerprint density at radius 1 is 1.21 bits per heavy atom. The monoisotopic (exact) mass is 415 g/mol. The molecule has 1 saturated heterocycles. The molecule has 0 radical (unpaired) electrons. The van der Waals surface area contributed by atoms with Gasteiger partial charge in [0.05, 0.1) is 10.6 Å². The van der Waals surface area contributed by atoms with E-state index in [0.717, 1.165) is 48.9 Å². The molecule has 1 aromatic carbocycles. The van der Waals surface area contributed by atoms with E-state index < -0.39 is 0 Å². The van der Waals surface area contributed by atoms with Gasteiger partial charge in [-0.2, -0.15) is 0 Å². The van der Waals surface area contributed by atoms with Crippen molar-refractivity contribution < 1.29 is 9.21 Å². The summed E-state index contributed by atoms with van der Waals surface area (Å²) in [7, 11) is 0. The number of benzene rings is 1. The lowest BCUT2D eigenvalue weighted by Gasteiger charge is -2.21. The van der Waals surface area contributed by atoms with Gasteiger partial charge in [0.2, 0.25) is 5.89 Å². The number of rotatable bonds is 4. The fourth-order valence-electron chi connectivity index (χ4n) is 3.43. The van der Waals surface area contributed by atoms with Crippen LogP contribution in [0.3, 0.4) is 0 Å². The maximum Gasteiger partial charge on any atom is 0.253 e. The Morgan fingerprint density at radius 2 is 2.11 bits per heavy atom. The van der Waals surface area contributed by atoms with Gasteiger partial charge in [-0.15, -0.1) is 11.3 Å². The molecule has 0 N–H and O–H groups in total. The molecule has 4 rings (SSSR count). The molecule has 0 unspecified atom stereocenters. The van der Waals surface area contributed by atoms with E-state index in [1.54, 1.807) is 23.5 Å². The number of carbonyl (C=O) groups is 1. The van der Waals surface area contributed by atoms with E-state index in [-0.39, 0.29) is 5.91 Å². The molecule has 7 heteroatoms. The summed E-state index contributed by atoms with van der Waals surface area (Å²) < 4.78 is 5.86. The molecule has 3 heterocycles.